The molecular formula is C20H22N2O. The standard InChI is InChI=1S/C20H22N2O/c1-14(2)19(15-8-4-3-5-9-15)22-20(23)18-13-21-12-16-10-6-7-11-17(16)18/h3-11,13-14,19,21H,12H2,1-2H3,(H,22,23)/t19-/m0/s1. The molecule has 1 aliphatic heterocycles. The van der Waals surface area contributed by atoms with Crippen molar-refractivity contribution in [2.75, 3.05) is 0 Å². The third kappa shape index (κ3) is 3.29. The highest BCUT2D eigenvalue weighted by atomic mass is 16.1. The van der Waals surface area contributed by atoms with Crippen LogP contribution in [0.5, 0.6) is 0 Å². The second kappa shape index (κ2) is 6.69. The van der Waals surface area contributed by atoms with Crippen molar-refractivity contribution in [2.24, 2.45) is 5.92 Å². The first-order chi connectivity index (χ1) is 11.2. The predicted octanol–water partition coefficient (Wildman–Crippen LogP) is 3.64. The topological polar surface area (TPSA) is 41.1 Å². The lowest BCUT2D eigenvalue weighted by Gasteiger charge is -2.25. The third-order valence-electron chi connectivity index (χ3n) is 4.20. The quantitative estimate of drug-likeness (QED) is 0.905. The second-order valence-electron chi connectivity index (χ2n) is 6.20. The molecule has 2 aromatic carbocycles. The highest BCUT2D eigenvalue weighted by Gasteiger charge is 2.23. The van der Waals surface area contributed by atoms with Crippen molar-refractivity contribution in [2.45, 2.75) is 26.4 Å². The van der Waals surface area contributed by atoms with Crippen molar-refractivity contribution in [1.29, 1.82) is 0 Å². The summed E-state index contributed by atoms with van der Waals surface area (Å²) in [6.07, 6.45) is 1.82. The van der Waals surface area contributed by atoms with Crippen LogP contribution in [0.1, 0.15) is 36.6 Å². The number of carbonyl (C=O) groups is 1. The maximum atomic E-state index is 12.8. The lowest BCUT2D eigenvalue weighted by molar-refractivity contribution is -0.116. The van der Waals surface area contributed by atoms with E-state index in [2.05, 4.69) is 42.7 Å². The van der Waals surface area contributed by atoms with Crippen molar-refractivity contribution in [3.63, 3.8) is 0 Å². The molecule has 0 saturated carbocycles. The molecule has 1 heterocycles. The number of hydrogen-bond acceptors (Lipinski definition) is 2. The fourth-order valence-electron chi connectivity index (χ4n) is 2.98. The molecule has 118 valence electrons. The van der Waals surface area contributed by atoms with Gasteiger partial charge in [-0.15, -0.1) is 0 Å². The molecule has 0 spiro atoms. The summed E-state index contributed by atoms with van der Waals surface area (Å²) in [6.45, 7) is 5.01. The molecule has 3 nitrogen and oxygen atoms in total. The average molecular weight is 306 g/mol. The molecule has 3 heteroatoms. The van der Waals surface area contributed by atoms with Crippen LogP contribution in [-0.2, 0) is 11.3 Å². The predicted molar refractivity (Wildman–Crippen MR) is 93.4 cm³/mol. The molecule has 23 heavy (non-hydrogen) atoms. The zero-order valence-electron chi connectivity index (χ0n) is 13.5. The molecule has 1 atom stereocenters. The minimum absolute atomic E-state index is 0.00121. The second-order valence-corrected chi connectivity index (χ2v) is 6.20. The number of benzene rings is 2. The molecule has 2 N–H and O–H groups in total. The molecular weight excluding hydrogens is 284 g/mol. The van der Waals surface area contributed by atoms with Gasteiger partial charge in [-0.25, -0.2) is 0 Å². The van der Waals surface area contributed by atoms with Gasteiger partial charge in [0, 0.05) is 12.7 Å². The van der Waals surface area contributed by atoms with E-state index in [1.54, 1.807) is 0 Å². The average Bonchev–Trinajstić information content (AvgIpc) is 2.59. The molecule has 0 aromatic heterocycles. The van der Waals surface area contributed by atoms with Crippen molar-refractivity contribution < 1.29 is 4.79 Å². The fraction of sp³-hybridized carbons (Fsp3) is 0.250. The first kappa shape index (κ1) is 15.3. The van der Waals surface area contributed by atoms with E-state index in [4.69, 9.17) is 0 Å². The first-order valence-electron chi connectivity index (χ1n) is 8.04. The Hall–Kier alpha value is -2.55. The van der Waals surface area contributed by atoms with Crippen molar-refractivity contribution in [3.05, 3.63) is 77.5 Å². The Labute approximate surface area is 137 Å². The van der Waals surface area contributed by atoms with Gasteiger partial charge in [0.1, 0.15) is 0 Å². The Morgan fingerprint density at radius 1 is 1.04 bits per heavy atom. The Morgan fingerprint density at radius 2 is 1.74 bits per heavy atom. The summed E-state index contributed by atoms with van der Waals surface area (Å²) in [5.41, 5.74) is 4.00. The highest BCUT2D eigenvalue weighted by molar-refractivity contribution is 6.20. The van der Waals surface area contributed by atoms with E-state index in [-0.39, 0.29) is 11.9 Å². The molecule has 0 radical (unpaired) electrons. The molecule has 0 fully saturated rings. The largest absolute Gasteiger partial charge is 0.386 e. The monoisotopic (exact) mass is 306 g/mol. The van der Waals surface area contributed by atoms with E-state index in [0.717, 1.165) is 23.2 Å². The van der Waals surface area contributed by atoms with E-state index in [0.29, 0.717) is 11.5 Å². The number of hydrogen-bond donors (Lipinski definition) is 2. The maximum Gasteiger partial charge on any atom is 0.253 e. The molecule has 1 amide bonds. The van der Waals surface area contributed by atoms with Crippen molar-refractivity contribution in [3.8, 4) is 0 Å². The molecule has 0 saturated heterocycles. The summed E-state index contributed by atoms with van der Waals surface area (Å²) < 4.78 is 0. The summed E-state index contributed by atoms with van der Waals surface area (Å²) in [4.78, 5) is 12.8. The van der Waals surface area contributed by atoms with Crippen molar-refractivity contribution >= 4 is 11.5 Å². The normalized spacial score (nSPS) is 14.5. The van der Waals surface area contributed by atoms with E-state index < -0.39 is 0 Å². The highest BCUT2D eigenvalue weighted by Crippen LogP contribution is 2.26. The van der Waals surface area contributed by atoms with Crippen LogP contribution >= 0.6 is 0 Å². The lowest BCUT2D eigenvalue weighted by Crippen LogP contribution is -2.33. The fourth-order valence-corrected chi connectivity index (χ4v) is 2.98. The van der Waals surface area contributed by atoms with Crippen molar-refractivity contribution in [1.82, 2.24) is 10.6 Å². The smallest absolute Gasteiger partial charge is 0.253 e. The van der Waals surface area contributed by atoms with Crippen LogP contribution in [0, 0.1) is 5.92 Å². The van der Waals surface area contributed by atoms with Gasteiger partial charge >= 0.3 is 0 Å². The van der Waals surface area contributed by atoms with Gasteiger partial charge in [0.25, 0.3) is 5.91 Å². The molecule has 3 rings (SSSR count). The number of fused-ring (bicyclic) bond motifs is 1. The summed E-state index contributed by atoms with van der Waals surface area (Å²) in [7, 11) is 0. The minimum Gasteiger partial charge on any atom is -0.386 e. The van der Waals surface area contributed by atoms with Gasteiger partial charge in [-0.1, -0.05) is 68.4 Å². The van der Waals surface area contributed by atoms with Crippen LogP contribution < -0.4 is 10.6 Å². The minimum atomic E-state index is -0.0350. The third-order valence-corrected chi connectivity index (χ3v) is 4.20. The Balaban J connectivity index is 1.84. The van der Waals surface area contributed by atoms with Gasteiger partial charge in [-0.2, -0.15) is 0 Å². The van der Waals surface area contributed by atoms with E-state index >= 15 is 0 Å². The molecule has 2 aromatic rings. The van der Waals surface area contributed by atoms with Gasteiger partial charge in [-0.3, -0.25) is 4.79 Å². The number of amides is 1. The van der Waals surface area contributed by atoms with Crippen LogP contribution in [-0.4, -0.2) is 5.91 Å². The molecule has 1 aliphatic rings. The van der Waals surface area contributed by atoms with Gasteiger partial charge in [0.2, 0.25) is 0 Å². The zero-order chi connectivity index (χ0) is 16.2. The molecule has 0 aliphatic carbocycles. The molecule has 0 unspecified atom stereocenters. The Bertz CT molecular complexity index is 719. The van der Waals surface area contributed by atoms with Crippen LogP contribution in [0.4, 0.5) is 0 Å². The lowest BCUT2D eigenvalue weighted by atomic mass is 9.93. The van der Waals surface area contributed by atoms with E-state index in [1.165, 1.54) is 0 Å². The number of rotatable bonds is 4. The summed E-state index contributed by atoms with van der Waals surface area (Å²) in [5, 5.41) is 6.39. The van der Waals surface area contributed by atoms with Gasteiger partial charge in [0.05, 0.1) is 11.6 Å². The summed E-state index contributed by atoms with van der Waals surface area (Å²) in [5.74, 6) is 0.279. The van der Waals surface area contributed by atoms with Gasteiger partial charge in [0.15, 0.2) is 0 Å². The number of carbonyl (C=O) groups excluding carboxylic acids is 1. The van der Waals surface area contributed by atoms with Gasteiger partial charge in [-0.05, 0) is 22.6 Å². The zero-order valence-corrected chi connectivity index (χ0v) is 13.5. The maximum absolute atomic E-state index is 12.8. The molecule has 0 bridgehead atoms. The Kier molecular flexibility index (Phi) is 4.47. The SMILES string of the molecule is CC(C)[C@H](NC(=O)C1=CNCc2ccccc21)c1ccccc1. The van der Waals surface area contributed by atoms with Gasteiger partial charge < -0.3 is 10.6 Å². The van der Waals surface area contributed by atoms with E-state index in [9.17, 15) is 4.79 Å². The van der Waals surface area contributed by atoms with Crippen LogP contribution in [0.25, 0.3) is 5.57 Å². The summed E-state index contributed by atoms with van der Waals surface area (Å²) in [6, 6.07) is 18.2. The number of nitrogens with one attached hydrogen (secondary N) is 2. The van der Waals surface area contributed by atoms with E-state index in [1.807, 2.05) is 42.6 Å². The van der Waals surface area contributed by atoms with Crippen LogP contribution in [0.15, 0.2) is 60.8 Å². The Morgan fingerprint density at radius 3 is 2.48 bits per heavy atom. The van der Waals surface area contributed by atoms with Crippen LogP contribution in [0.2, 0.25) is 0 Å². The summed E-state index contributed by atoms with van der Waals surface area (Å²) >= 11 is 0. The first-order valence-corrected chi connectivity index (χ1v) is 8.04. The van der Waals surface area contributed by atoms with Crippen LogP contribution in [0.3, 0.4) is 0 Å².